The third-order valence-corrected chi connectivity index (χ3v) is 6.79. The Kier molecular flexibility index (Phi) is 6.70. The Bertz CT molecular complexity index is 1250. The molecule has 3 aromatic rings. The molecule has 2 aromatic heterocycles. The van der Waals surface area contributed by atoms with Crippen LogP contribution in [0.5, 0.6) is 0 Å². The number of nitriles is 1. The number of rotatable bonds is 4. The van der Waals surface area contributed by atoms with Gasteiger partial charge < -0.3 is 5.73 Å². The van der Waals surface area contributed by atoms with Crippen molar-refractivity contribution in [2.24, 2.45) is 11.7 Å². The van der Waals surface area contributed by atoms with Crippen molar-refractivity contribution >= 4 is 22.8 Å². The Balaban J connectivity index is 0.000000203. The standard InChI is InChI=1S/C15H18F3NS.C9H6N4/c1-8-5-6-11(16)10(7-8)14(3,4)12-13(15(12,17)18)20-9(2)19;1-6-9-8(13-5-12-6)2-7(3-10)4-11-9/h5-7,12-13H,2,19H2,1,3-4H3;2,4-5H,1H3. The van der Waals surface area contributed by atoms with Gasteiger partial charge in [0.05, 0.1) is 33.0 Å². The van der Waals surface area contributed by atoms with Gasteiger partial charge in [-0.3, -0.25) is 4.98 Å². The SMILES string of the molecule is C=C(N)SC1C(C(C)(C)c2cc(C)ccc2F)C1(F)F.Cc1ncnc2cc(C#N)cnc12. The van der Waals surface area contributed by atoms with Gasteiger partial charge in [0.2, 0.25) is 0 Å². The van der Waals surface area contributed by atoms with Crippen molar-refractivity contribution in [2.45, 2.75) is 44.3 Å². The van der Waals surface area contributed by atoms with E-state index in [-0.39, 0.29) is 5.03 Å². The number of aromatic nitrogens is 3. The monoisotopic (exact) mass is 471 g/mol. The van der Waals surface area contributed by atoms with Crippen molar-refractivity contribution < 1.29 is 13.2 Å². The summed E-state index contributed by atoms with van der Waals surface area (Å²) in [5.74, 6) is -4.25. The van der Waals surface area contributed by atoms with Crippen LogP contribution in [0.15, 0.2) is 48.4 Å². The van der Waals surface area contributed by atoms with Crippen LogP contribution in [0.2, 0.25) is 0 Å². The summed E-state index contributed by atoms with van der Waals surface area (Å²) in [4.78, 5) is 12.1. The number of nitrogens with two attached hydrogens (primary N) is 1. The lowest BCUT2D eigenvalue weighted by Gasteiger charge is -2.26. The summed E-state index contributed by atoms with van der Waals surface area (Å²) in [5, 5.41) is 7.86. The molecule has 9 heteroatoms. The molecular formula is C24H24F3N5S. The molecule has 1 aliphatic rings. The number of aryl methyl sites for hydroxylation is 2. The summed E-state index contributed by atoms with van der Waals surface area (Å²) in [6.45, 7) is 10.4. The van der Waals surface area contributed by atoms with E-state index in [9.17, 15) is 13.2 Å². The van der Waals surface area contributed by atoms with Crippen molar-refractivity contribution in [1.82, 2.24) is 15.0 Å². The molecule has 0 saturated heterocycles. The third-order valence-electron chi connectivity index (χ3n) is 5.65. The van der Waals surface area contributed by atoms with Crippen LogP contribution in [0.4, 0.5) is 13.2 Å². The molecule has 1 fully saturated rings. The molecule has 2 N–H and O–H groups in total. The van der Waals surface area contributed by atoms with E-state index in [0.717, 1.165) is 28.5 Å². The second kappa shape index (κ2) is 9.02. The summed E-state index contributed by atoms with van der Waals surface area (Å²) in [5.41, 5.74) is 8.44. The Labute approximate surface area is 195 Å². The highest BCUT2D eigenvalue weighted by molar-refractivity contribution is 8.03. The molecule has 2 unspecified atom stereocenters. The summed E-state index contributed by atoms with van der Waals surface area (Å²) in [6.07, 6.45) is 3.00. The Hall–Kier alpha value is -3.12. The molecule has 0 bridgehead atoms. The van der Waals surface area contributed by atoms with Gasteiger partial charge in [0, 0.05) is 11.6 Å². The van der Waals surface area contributed by atoms with E-state index in [2.05, 4.69) is 21.5 Å². The average Bonchev–Trinajstić information content (AvgIpc) is 3.30. The Morgan fingerprint density at radius 3 is 2.55 bits per heavy atom. The number of pyridine rings is 1. The first-order valence-corrected chi connectivity index (χ1v) is 11.0. The lowest BCUT2D eigenvalue weighted by molar-refractivity contribution is 0.0830. The number of thioether (sulfide) groups is 1. The van der Waals surface area contributed by atoms with Gasteiger partial charge in [-0.15, -0.1) is 0 Å². The second-order valence-corrected chi connectivity index (χ2v) is 9.79. The van der Waals surface area contributed by atoms with Crippen LogP contribution in [0.3, 0.4) is 0 Å². The molecule has 33 heavy (non-hydrogen) atoms. The number of nitrogens with zero attached hydrogens (tertiary/aromatic N) is 4. The minimum atomic E-state index is -2.85. The van der Waals surface area contributed by atoms with E-state index in [1.807, 2.05) is 19.9 Å². The molecule has 2 atom stereocenters. The highest BCUT2D eigenvalue weighted by Gasteiger charge is 2.74. The van der Waals surface area contributed by atoms with Crippen LogP contribution in [-0.4, -0.2) is 26.1 Å². The fourth-order valence-corrected chi connectivity index (χ4v) is 5.11. The van der Waals surface area contributed by atoms with E-state index in [4.69, 9.17) is 11.0 Å². The minimum absolute atomic E-state index is 0.165. The number of hydrogen-bond acceptors (Lipinski definition) is 6. The highest BCUT2D eigenvalue weighted by Crippen LogP contribution is 2.64. The van der Waals surface area contributed by atoms with Gasteiger partial charge >= 0.3 is 0 Å². The van der Waals surface area contributed by atoms with Crippen LogP contribution in [0.1, 0.15) is 36.2 Å². The van der Waals surface area contributed by atoms with Crippen LogP contribution < -0.4 is 5.73 Å². The Morgan fingerprint density at radius 1 is 1.21 bits per heavy atom. The topological polar surface area (TPSA) is 88.5 Å². The second-order valence-electron chi connectivity index (χ2n) is 8.52. The number of alkyl halides is 2. The lowest BCUT2D eigenvalue weighted by atomic mass is 9.79. The summed E-state index contributed by atoms with van der Waals surface area (Å²) in [7, 11) is 0. The van der Waals surface area contributed by atoms with Gasteiger partial charge in [0.1, 0.15) is 23.7 Å². The van der Waals surface area contributed by atoms with E-state index in [1.54, 1.807) is 32.0 Å². The number of benzene rings is 1. The lowest BCUT2D eigenvalue weighted by Crippen LogP contribution is -2.25. The molecule has 5 nitrogen and oxygen atoms in total. The number of hydrogen-bond donors (Lipinski definition) is 1. The van der Waals surface area contributed by atoms with Gasteiger partial charge in [0.15, 0.2) is 0 Å². The van der Waals surface area contributed by atoms with Crippen LogP contribution >= 0.6 is 11.8 Å². The minimum Gasteiger partial charge on any atom is -0.394 e. The molecular weight excluding hydrogens is 447 g/mol. The zero-order valence-electron chi connectivity index (χ0n) is 18.7. The molecule has 0 spiro atoms. The maximum absolute atomic E-state index is 14.0. The van der Waals surface area contributed by atoms with Gasteiger partial charge in [0.25, 0.3) is 5.92 Å². The smallest absolute Gasteiger partial charge is 0.265 e. The summed E-state index contributed by atoms with van der Waals surface area (Å²) >= 11 is 0.878. The summed E-state index contributed by atoms with van der Waals surface area (Å²) in [6, 6.07) is 8.33. The normalized spacial score (nSPS) is 18.7. The molecule has 1 saturated carbocycles. The predicted octanol–water partition coefficient (Wildman–Crippen LogP) is 5.41. The van der Waals surface area contributed by atoms with Gasteiger partial charge in [-0.25, -0.2) is 23.1 Å². The van der Waals surface area contributed by atoms with Crippen molar-refractivity contribution in [3.8, 4) is 6.07 Å². The predicted molar refractivity (Wildman–Crippen MR) is 124 cm³/mol. The summed E-state index contributed by atoms with van der Waals surface area (Å²) < 4.78 is 42.0. The maximum Gasteiger partial charge on any atom is 0.265 e. The maximum atomic E-state index is 14.0. The molecule has 2 heterocycles. The van der Waals surface area contributed by atoms with Crippen molar-refractivity contribution in [3.05, 3.63) is 76.6 Å². The first-order chi connectivity index (χ1) is 15.4. The zero-order chi connectivity index (χ0) is 24.6. The number of halogens is 3. The number of fused-ring (bicyclic) bond motifs is 1. The van der Waals surface area contributed by atoms with E-state index in [0.29, 0.717) is 16.6 Å². The molecule has 1 aliphatic carbocycles. The Morgan fingerprint density at radius 2 is 1.91 bits per heavy atom. The van der Waals surface area contributed by atoms with Gasteiger partial charge in [-0.05, 0) is 31.5 Å². The van der Waals surface area contributed by atoms with Crippen LogP contribution in [0.25, 0.3) is 11.0 Å². The molecule has 4 rings (SSSR count). The first kappa shape index (κ1) is 24.5. The van der Waals surface area contributed by atoms with E-state index >= 15 is 0 Å². The van der Waals surface area contributed by atoms with Gasteiger partial charge in [-0.2, -0.15) is 5.26 Å². The van der Waals surface area contributed by atoms with Gasteiger partial charge in [-0.1, -0.05) is 49.9 Å². The van der Waals surface area contributed by atoms with Crippen molar-refractivity contribution in [1.29, 1.82) is 5.26 Å². The van der Waals surface area contributed by atoms with Crippen molar-refractivity contribution in [3.63, 3.8) is 0 Å². The fourth-order valence-electron chi connectivity index (χ4n) is 3.90. The third kappa shape index (κ3) is 4.96. The quantitative estimate of drug-likeness (QED) is 0.547. The van der Waals surface area contributed by atoms with E-state index < -0.39 is 28.3 Å². The molecule has 172 valence electrons. The average molecular weight is 472 g/mol. The highest BCUT2D eigenvalue weighted by atomic mass is 32.2. The van der Waals surface area contributed by atoms with Crippen molar-refractivity contribution in [2.75, 3.05) is 0 Å². The molecule has 1 aromatic carbocycles. The fraction of sp³-hybridized carbons (Fsp3) is 0.333. The molecule has 0 radical (unpaired) electrons. The first-order valence-electron chi connectivity index (χ1n) is 10.1. The van der Waals surface area contributed by atoms with Crippen LogP contribution in [0, 0.1) is 36.9 Å². The van der Waals surface area contributed by atoms with Crippen LogP contribution in [-0.2, 0) is 5.41 Å². The van der Waals surface area contributed by atoms with E-state index in [1.165, 1.54) is 18.6 Å². The largest absolute Gasteiger partial charge is 0.394 e. The zero-order valence-corrected chi connectivity index (χ0v) is 19.6. The molecule has 0 aliphatic heterocycles. The molecule has 0 amide bonds.